The molecule has 2 aromatic heterocycles. The van der Waals surface area contributed by atoms with Crippen LogP contribution in [0.3, 0.4) is 0 Å². The molecule has 0 aliphatic heterocycles. The maximum absolute atomic E-state index is 12.5. The largest absolute Gasteiger partial charge is 0.435 e. The molecule has 0 unspecified atom stereocenters. The number of ether oxygens (including phenoxy) is 1. The lowest BCUT2D eigenvalue weighted by molar-refractivity contribution is -0.0498. The lowest BCUT2D eigenvalue weighted by Gasteiger charge is -2.10. The number of fused-ring (bicyclic) bond motifs is 3. The topological polar surface area (TPSA) is 57.2 Å². The molecule has 0 saturated carbocycles. The fraction of sp³-hybridized carbons (Fsp3) is 0.0800. The van der Waals surface area contributed by atoms with Gasteiger partial charge in [-0.3, -0.25) is 4.79 Å². The van der Waals surface area contributed by atoms with Gasteiger partial charge in [-0.25, -0.2) is 0 Å². The van der Waals surface area contributed by atoms with E-state index in [2.05, 4.69) is 21.4 Å². The third kappa shape index (κ3) is 3.61. The van der Waals surface area contributed by atoms with Crippen LogP contribution in [0, 0.1) is 0 Å². The molecule has 0 radical (unpaired) electrons. The molecule has 160 valence electrons. The van der Waals surface area contributed by atoms with Crippen molar-refractivity contribution >= 4 is 39.0 Å². The van der Waals surface area contributed by atoms with Crippen molar-refractivity contribution in [3.05, 3.63) is 89.3 Å². The van der Waals surface area contributed by atoms with Crippen molar-refractivity contribution in [1.29, 1.82) is 0 Å². The van der Waals surface area contributed by atoms with E-state index in [1.54, 1.807) is 29.5 Å². The highest BCUT2D eigenvalue weighted by molar-refractivity contribution is 7.13. The standard InChI is InChI=1S/C25H18F2N2O2S/c26-25(27)31-17-9-6-15(7-10-17)14-29-20-4-1-3-19(24(28)30)23(20)18-11-8-16(13-21(18)29)22-5-2-12-32-22/h1-13,25H,14H2,(H2,28,30). The summed E-state index contributed by atoms with van der Waals surface area (Å²) >= 11 is 1.66. The van der Waals surface area contributed by atoms with Gasteiger partial charge in [-0.05, 0) is 52.9 Å². The number of halogens is 2. The molecule has 0 bridgehead atoms. The monoisotopic (exact) mass is 448 g/mol. The Kier molecular flexibility index (Phi) is 5.11. The average Bonchev–Trinajstić information content (AvgIpc) is 3.42. The molecule has 4 nitrogen and oxygen atoms in total. The fourth-order valence-electron chi connectivity index (χ4n) is 4.07. The van der Waals surface area contributed by atoms with Crippen molar-refractivity contribution in [3.8, 4) is 16.2 Å². The Morgan fingerprint density at radius 3 is 2.50 bits per heavy atom. The second-order valence-corrected chi connectivity index (χ2v) is 8.33. The van der Waals surface area contributed by atoms with Crippen LogP contribution >= 0.6 is 11.3 Å². The summed E-state index contributed by atoms with van der Waals surface area (Å²) < 4.78 is 31.5. The van der Waals surface area contributed by atoms with Gasteiger partial charge in [0.2, 0.25) is 5.91 Å². The van der Waals surface area contributed by atoms with Crippen LogP contribution in [0.5, 0.6) is 5.75 Å². The molecule has 0 atom stereocenters. The molecule has 0 aliphatic rings. The number of rotatable bonds is 6. The van der Waals surface area contributed by atoms with E-state index in [0.717, 1.165) is 37.8 Å². The van der Waals surface area contributed by atoms with Crippen LogP contribution in [0.15, 0.2) is 78.2 Å². The summed E-state index contributed by atoms with van der Waals surface area (Å²) in [4.78, 5) is 13.3. The van der Waals surface area contributed by atoms with Gasteiger partial charge in [0.1, 0.15) is 5.75 Å². The molecule has 0 aliphatic carbocycles. The van der Waals surface area contributed by atoms with Crippen LogP contribution in [0.1, 0.15) is 15.9 Å². The third-order valence-electron chi connectivity index (χ3n) is 5.45. The molecule has 7 heteroatoms. The minimum Gasteiger partial charge on any atom is -0.435 e. The van der Waals surface area contributed by atoms with Gasteiger partial charge in [0, 0.05) is 27.8 Å². The fourth-order valence-corrected chi connectivity index (χ4v) is 4.80. The highest BCUT2D eigenvalue weighted by Crippen LogP contribution is 2.36. The molecule has 0 saturated heterocycles. The number of primary amides is 1. The Morgan fingerprint density at radius 2 is 1.81 bits per heavy atom. The molecule has 1 amide bonds. The highest BCUT2D eigenvalue weighted by Gasteiger charge is 2.17. The molecule has 32 heavy (non-hydrogen) atoms. The second-order valence-electron chi connectivity index (χ2n) is 7.38. The number of aromatic nitrogens is 1. The zero-order valence-electron chi connectivity index (χ0n) is 16.8. The summed E-state index contributed by atoms with van der Waals surface area (Å²) in [6.45, 7) is -2.37. The quantitative estimate of drug-likeness (QED) is 0.333. The molecule has 0 fully saturated rings. The van der Waals surface area contributed by atoms with Gasteiger partial charge < -0.3 is 15.0 Å². The van der Waals surface area contributed by atoms with Crippen LogP contribution in [0.2, 0.25) is 0 Å². The number of carbonyl (C=O) groups excluding carboxylic acids is 1. The molecule has 0 spiro atoms. The highest BCUT2D eigenvalue weighted by atomic mass is 32.1. The van der Waals surface area contributed by atoms with E-state index in [9.17, 15) is 13.6 Å². The smallest absolute Gasteiger partial charge is 0.387 e. The number of hydrogen-bond acceptors (Lipinski definition) is 3. The first-order chi connectivity index (χ1) is 15.5. The van der Waals surface area contributed by atoms with Gasteiger partial charge in [0.05, 0.1) is 11.0 Å². The molecule has 5 rings (SSSR count). The van der Waals surface area contributed by atoms with Crippen molar-refractivity contribution in [2.24, 2.45) is 5.73 Å². The average molecular weight is 448 g/mol. The summed E-state index contributed by atoms with van der Waals surface area (Å²) in [5.74, 6) is -0.368. The van der Waals surface area contributed by atoms with Crippen molar-refractivity contribution < 1.29 is 18.3 Å². The third-order valence-corrected chi connectivity index (χ3v) is 6.37. The van der Waals surface area contributed by atoms with Crippen LogP contribution in [0.4, 0.5) is 8.78 Å². The number of alkyl halides is 2. The van der Waals surface area contributed by atoms with Gasteiger partial charge in [-0.2, -0.15) is 8.78 Å². The lowest BCUT2D eigenvalue weighted by Crippen LogP contribution is -2.11. The van der Waals surface area contributed by atoms with Crippen LogP contribution in [0.25, 0.3) is 32.2 Å². The molecule has 2 N–H and O–H groups in total. The first-order valence-corrected chi connectivity index (χ1v) is 10.8. The van der Waals surface area contributed by atoms with Crippen LogP contribution < -0.4 is 10.5 Å². The predicted octanol–water partition coefficient (Wildman–Crippen LogP) is 6.27. The van der Waals surface area contributed by atoms with Gasteiger partial charge >= 0.3 is 6.61 Å². The van der Waals surface area contributed by atoms with E-state index in [-0.39, 0.29) is 5.75 Å². The number of thiophene rings is 1. The number of amides is 1. The molecular formula is C25H18F2N2O2S. The summed E-state index contributed by atoms with van der Waals surface area (Å²) in [6, 6.07) is 22.3. The first-order valence-electron chi connectivity index (χ1n) is 9.93. The second kappa shape index (κ2) is 8.09. The Morgan fingerprint density at radius 1 is 1.00 bits per heavy atom. The molecule has 2 heterocycles. The Hall–Kier alpha value is -3.71. The first kappa shape index (κ1) is 20.2. The maximum Gasteiger partial charge on any atom is 0.387 e. The van der Waals surface area contributed by atoms with Gasteiger partial charge in [-0.1, -0.05) is 36.4 Å². The number of carbonyl (C=O) groups is 1. The van der Waals surface area contributed by atoms with E-state index in [0.29, 0.717) is 12.1 Å². The lowest BCUT2D eigenvalue weighted by atomic mass is 10.0. The van der Waals surface area contributed by atoms with E-state index in [1.165, 1.54) is 12.1 Å². The number of hydrogen-bond donors (Lipinski definition) is 1. The van der Waals surface area contributed by atoms with Gasteiger partial charge in [0.15, 0.2) is 0 Å². The maximum atomic E-state index is 12.5. The Balaban J connectivity index is 1.69. The predicted molar refractivity (Wildman–Crippen MR) is 123 cm³/mol. The zero-order valence-corrected chi connectivity index (χ0v) is 17.6. The Labute approximate surface area is 186 Å². The van der Waals surface area contributed by atoms with E-state index < -0.39 is 12.5 Å². The van der Waals surface area contributed by atoms with Crippen molar-refractivity contribution in [2.75, 3.05) is 0 Å². The van der Waals surface area contributed by atoms with Crippen molar-refractivity contribution in [2.45, 2.75) is 13.2 Å². The Bertz CT molecular complexity index is 1420. The van der Waals surface area contributed by atoms with Crippen molar-refractivity contribution in [3.63, 3.8) is 0 Å². The number of nitrogens with two attached hydrogens (primary N) is 1. The van der Waals surface area contributed by atoms with Gasteiger partial charge in [0.25, 0.3) is 0 Å². The van der Waals surface area contributed by atoms with E-state index in [1.807, 2.05) is 35.7 Å². The minimum atomic E-state index is -2.86. The summed E-state index contributed by atoms with van der Waals surface area (Å²) in [6.07, 6.45) is 0. The molecule has 3 aromatic carbocycles. The minimum absolute atomic E-state index is 0.113. The van der Waals surface area contributed by atoms with E-state index in [4.69, 9.17) is 5.73 Å². The summed E-state index contributed by atoms with van der Waals surface area (Å²) in [7, 11) is 0. The zero-order chi connectivity index (χ0) is 22.2. The molecule has 5 aromatic rings. The number of nitrogens with zero attached hydrogens (tertiary/aromatic N) is 1. The van der Waals surface area contributed by atoms with Crippen LogP contribution in [-0.4, -0.2) is 17.1 Å². The number of benzene rings is 3. The van der Waals surface area contributed by atoms with Crippen LogP contribution in [-0.2, 0) is 6.54 Å². The molecular weight excluding hydrogens is 430 g/mol. The summed E-state index contributed by atoms with van der Waals surface area (Å²) in [5, 5.41) is 3.78. The normalized spacial score (nSPS) is 11.5. The van der Waals surface area contributed by atoms with Gasteiger partial charge in [-0.15, -0.1) is 11.3 Å². The van der Waals surface area contributed by atoms with E-state index >= 15 is 0 Å². The SMILES string of the molecule is NC(=O)c1cccc2c1c1ccc(-c3cccs3)cc1n2Cc1ccc(OC(F)F)cc1. The summed E-state index contributed by atoms with van der Waals surface area (Å²) in [5.41, 5.74) is 9.98. The van der Waals surface area contributed by atoms with Crippen molar-refractivity contribution in [1.82, 2.24) is 4.57 Å².